The number of sulfone groups is 1. The molecule has 0 spiro atoms. The third-order valence-corrected chi connectivity index (χ3v) is 10.7. The molecule has 2 fully saturated rings. The molecule has 1 aliphatic heterocycles. The Bertz CT molecular complexity index is 1690. The van der Waals surface area contributed by atoms with E-state index in [1.54, 1.807) is 0 Å². The van der Waals surface area contributed by atoms with E-state index in [1.165, 1.54) is 41.4 Å². The van der Waals surface area contributed by atoms with Crippen molar-refractivity contribution >= 4 is 44.4 Å². The number of aromatic nitrogens is 3. The first kappa shape index (κ1) is 28.1. The zero-order valence-corrected chi connectivity index (χ0v) is 23.6. The van der Waals surface area contributed by atoms with Crippen LogP contribution in [0.15, 0.2) is 36.5 Å². The maximum atomic E-state index is 15.1. The fourth-order valence-electron chi connectivity index (χ4n) is 6.11. The third kappa shape index (κ3) is 3.96. The summed E-state index contributed by atoms with van der Waals surface area (Å²) < 4.78 is 97.7. The van der Waals surface area contributed by atoms with Gasteiger partial charge in [-0.2, -0.15) is 18.3 Å². The molecule has 6 rings (SSSR count). The lowest BCUT2D eigenvalue weighted by Gasteiger charge is -2.35. The Balaban J connectivity index is 1.26. The summed E-state index contributed by atoms with van der Waals surface area (Å²) in [6.07, 6.45) is -1.91. The normalized spacial score (nSPS) is 30.7. The third-order valence-electron chi connectivity index (χ3n) is 8.94. The molecule has 3 atom stereocenters. The summed E-state index contributed by atoms with van der Waals surface area (Å²) in [7, 11) is -3.27. The molecular formula is C26H25ClF5N5O3S. The highest BCUT2D eigenvalue weighted by molar-refractivity contribution is 7.91. The van der Waals surface area contributed by atoms with Gasteiger partial charge in [0.25, 0.3) is 5.92 Å². The van der Waals surface area contributed by atoms with Gasteiger partial charge in [0.05, 0.1) is 28.7 Å². The Labute approximate surface area is 236 Å². The summed E-state index contributed by atoms with van der Waals surface area (Å²) in [6, 6.07) is 6.51. The molecule has 2 aliphatic carbocycles. The molecule has 1 amide bonds. The van der Waals surface area contributed by atoms with Gasteiger partial charge in [-0.1, -0.05) is 23.7 Å². The van der Waals surface area contributed by atoms with Gasteiger partial charge in [0, 0.05) is 30.6 Å². The molecule has 3 unspecified atom stereocenters. The molecule has 3 heterocycles. The zero-order chi connectivity index (χ0) is 29.9. The molecule has 0 bridgehead atoms. The number of alkyl halides is 5. The summed E-state index contributed by atoms with van der Waals surface area (Å²) in [4.78, 5) is 18.5. The largest absolute Gasteiger partial charge is 0.401 e. The number of anilines is 2. The van der Waals surface area contributed by atoms with Crippen LogP contribution in [0, 0.1) is 5.41 Å². The Morgan fingerprint density at radius 2 is 1.78 bits per heavy atom. The first-order chi connectivity index (χ1) is 18.9. The second-order valence-corrected chi connectivity index (χ2v) is 14.3. The van der Waals surface area contributed by atoms with Gasteiger partial charge in [0.1, 0.15) is 20.7 Å². The average Bonchev–Trinajstić information content (AvgIpc) is 3.12. The van der Waals surface area contributed by atoms with Crippen LogP contribution in [0.1, 0.15) is 43.9 Å². The second-order valence-electron chi connectivity index (χ2n) is 11.6. The zero-order valence-electron chi connectivity index (χ0n) is 22.0. The summed E-state index contributed by atoms with van der Waals surface area (Å²) in [6.45, 7) is 1.72. The SMILES string of the molecule is CC1(C(F)(F)F)CN(c2ccc(C3C(F)(F)C3(C)C(=O)NC3CC(S(C)(=O)=O)C3)cc2)c2cnc3cc(Cl)nn3c21. The van der Waals surface area contributed by atoms with Crippen LogP contribution in [0.3, 0.4) is 0 Å². The fraction of sp³-hybridized carbons (Fsp3) is 0.500. The van der Waals surface area contributed by atoms with Crippen molar-refractivity contribution in [1.29, 1.82) is 0 Å². The standard InChI is InChI=1S/C26H25ClF5N5O3S/c1-23(26(30,31)32)12-36(17-11-33-19-10-18(27)35-37(19)21(17)23)15-6-4-13(5-7-15)20-24(2,25(20,28)29)22(38)34-14-8-16(9-14)41(3,39)40/h4-7,10-11,14,16,20H,8-9,12H2,1-3H3,(H,34,38). The van der Waals surface area contributed by atoms with Gasteiger partial charge in [0.15, 0.2) is 10.8 Å². The number of benzene rings is 1. The number of hydrogen-bond donors (Lipinski definition) is 1. The van der Waals surface area contributed by atoms with Gasteiger partial charge in [-0.3, -0.25) is 4.79 Å². The molecule has 41 heavy (non-hydrogen) atoms. The van der Waals surface area contributed by atoms with Gasteiger partial charge in [0.2, 0.25) is 5.91 Å². The summed E-state index contributed by atoms with van der Waals surface area (Å²) in [5.74, 6) is -5.69. The first-order valence-corrected chi connectivity index (χ1v) is 15.1. The molecule has 3 aromatic rings. The van der Waals surface area contributed by atoms with Crippen molar-refractivity contribution in [3.63, 3.8) is 0 Å². The molecule has 8 nitrogen and oxygen atoms in total. The quantitative estimate of drug-likeness (QED) is 0.414. The second kappa shape index (κ2) is 8.52. The van der Waals surface area contributed by atoms with Gasteiger partial charge >= 0.3 is 6.18 Å². The van der Waals surface area contributed by atoms with Crippen LogP contribution in [0.4, 0.5) is 33.3 Å². The molecule has 15 heteroatoms. The van der Waals surface area contributed by atoms with E-state index in [0.29, 0.717) is 5.69 Å². The average molecular weight is 618 g/mol. The maximum absolute atomic E-state index is 15.1. The predicted molar refractivity (Wildman–Crippen MR) is 140 cm³/mol. The van der Waals surface area contributed by atoms with Crippen LogP contribution in [0.2, 0.25) is 5.15 Å². The highest BCUT2D eigenvalue weighted by Crippen LogP contribution is 2.71. The first-order valence-electron chi connectivity index (χ1n) is 12.8. The molecule has 1 N–H and O–H groups in total. The van der Waals surface area contributed by atoms with E-state index in [1.807, 2.05) is 0 Å². The van der Waals surface area contributed by atoms with E-state index in [9.17, 15) is 26.4 Å². The van der Waals surface area contributed by atoms with Crippen molar-refractivity contribution < 1.29 is 35.2 Å². The van der Waals surface area contributed by atoms with E-state index >= 15 is 8.78 Å². The van der Waals surface area contributed by atoms with Crippen LogP contribution in [-0.4, -0.2) is 65.1 Å². The van der Waals surface area contributed by atoms with Crippen molar-refractivity contribution in [2.24, 2.45) is 5.41 Å². The minimum atomic E-state index is -4.66. The molecule has 3 aliphatic rings. The number of nitrogens with zero attached hydrogens (tertiary/aromatic N) is 4. The monoisotopic (exact) mass is 617 g/mol. The predicted octanol–water partition coefficient (Wildman–Crippen LogP) is 4.79. The van der Waals surface area contributed by atoms with E-state index in [-0.39, 0.29) is 40.6 Å². The van der Waals surface area contributed by atoms with Crippen LogP contribution in [-0.2, 0) is 20.0 Å². The van der Waals surface area contributed by atoms with Crippen LogP contribution in [0.25, 0.3) is 5.65 Å². The molecule has 2 aromatic heterocycles. The summed E-state index contributed by atoms with van der Waals surface area (Å²) in [5, 5.41) is 5.95. The minimum Gasteiger partial charge on any atom is -0.353 e. The van der Waals surface area contributed by atoms with Crippen molar-refractivity contribution in [1.82, 2.24) is 19.9 Å². The number of halogens is 6. The lowest BCUT2D eigenvalue weighted by atomic mass is 9.87. The number of hydrogen-bond acceptors (Lipinski definition) is 6. The number of rotatable bonds is 5. The van der Waals surface area contributed by atoms with Crippen LogP contribution >= 0.6 is 11.6 Å². The fourth-order valence-corrected chi connectivity index (χ4v) is 7.45. The lowest BCUT2D eigenvalue weighted by Crippen LogP contribution is -2.51. The van der Waals surface area contributed by atoms with Crippen molar-refractivity contribution in [2.75, 3.05) is 17.7 Å². The Morgan fingerprint density at radius 1 is 1.15 bits per heavy atom. The van der Waals surface area contributed by atoms with Crippen LogP contribution in [0.5, 0.6) is 0 Å². The van der Waals surface area contributed by atoms with Gasteiger partial charge in [-0.15, -0.1) is 0 Å². The number of carbonyl (C=O) groups excluding carboxylic acids is 1. The molecule has 0 saturated heterocycles. The number of fused-ring (bicyclic) bond motifs is 3. The van der Waals surface area contributed by atoms with Crippen molar-refractivity contribution in [3.05, 3.63) is 52.9 Å². The maximum Gasteiger partial charge on any atom is 0.401 e. The Hall–Kier alpha value is -3.00. The molecule has 0 radical (unpaired) electrons. The van der Waals surface area contributed by atoms with E-state index < -0.39 is 62.4 Å². The summed E-state index contributed by atoms with van der Waals surface area (Å²) in [5.41, 5.74) is -3.74. The Kier molecular flexibility index (Phi) is 5.85. The number of amides is 1. The topological polar surface area (TPSA) is 96.7 Å². The van der Waals surface area contributed by atoms with Crippen molar-refractivity contribution in [2.45, 2.75) is 61.4 Å². The van der Waals surface area contributed by atoms with Gasteiger partial charge < -0.3 is 10.2 Å². The van der Waals surface area contributed by atoms with Crippen LogP contribution < -0.4 is 10.2 Å². The van der Waals surface area contributed by atoms with E-state index in [4.69, 9.17) is 11.6 Å². The van der Waals surface area contributed by atoms with E-state index in [2.05, 4.69) is 15.4 Å². The highest BCUT2D eigenvalue weighted by atomic mass is 35.5. The van der Waals surface area contributed by atoms with Gasteiger partial charge in [-0.05, 0) is 44.4 Å². The number of nitrogens with one attached hydrogen (secondary N) is 1. The molecular weight excluding hydrogens is 593 g/mol. The van der Waals surface area contributed by atoms with Crippen molar-refractivity contribution in [3.8, 4) is 0 Å². The molecule has 1 aromatic carbocycles. The lowest BCUT2D eigenvalue weighted by molar-refractivity contribution is -0.181. The number of carbonyl (C=O) groups is 1. The summed E-state index contributed by atoms with van der Waals surface area (Å²) >= 11 is 5.95. The molecule has 220 valence electrons. The van der Waals surface area contributed by atoms with Gasteiger partial charge in [-0.25, -0.2) is 26.7 Å². The highest BCUT2D eigenvalue weighted by Gasteiger charge is 2.82. The minimum absolute atomic E-state index is 0.0109. The Morgan fingerprint density at radius 3 is 2.37 bits per heavy atom. The smallest absolute Gasteiger partial charge is 0.353 e. The van der Waals surface area contributed by atoms with E-state index in [0.717, 1.165) is 24.6 Å². The molecule has 2 saturated carbocycles.